The number of hydrogen-bond acceptors (Lipinski definition) is 3. The Labute approximate surface area is 95.3 Å². The van der Waals surface area contributed by atoms with Crippen LogP contribution in [0, 0.1) is 6.92 Å². The highest BCUT2D eigenvalue weighted by Crippen LogP contribution is 2.14. The van der Waals surface area contributed by atoms with E-state index in [2.05, 4.69) is 29.4 Å². The lowest BCUT2D eigenvalue weighted by molar-refractivity contribution is 1.05. The maximum atomic E-state index is 5.62. The third kappa shape index (κ3) is 2.51. The van der Waals surface area contributed by atoms with Gasteiger partial charge in [0.15, 0.2) is 0 Å². The summed E-state index contributed by atoms with van der Waals surface area (Å²) in [4.78, 5) is 4.23. The molecule has 0 bridgehead atoms. The average molecular weight is 213 g/mol. The maximum absolute atomic E-state index is 5.62. The summed E-state index contributed by atoms with van der Waals surface area (Å²) < 4.78 is 0. The number of rotatable bonds is 3. The Morgan fingerprint density at radius 1 is 1.12 bits per heavy atom. The maximum Gasteiger partial charge on any atom is 0.123 e. The van der Waals surface area contributed by atoms with Gasteiger partial charge < -0.3 is 11.1 Å². The van der Waals surface area contributed by atoms with E-state index in [1.54, 1.807) is 6.07 Å². The molecule has 0 saturated heterocycles. The number of para-hydroxylation sites is 1. The summed E-state index contributed by atoms with van der Waals surface area (Å²) >= 11 is 0. The van der Waals surface area contributed by atoms with Crippen LogP contribution >= 0.6 is 0 Å². The van der Waals surface area contributed by atoms with Crippen molar-refractivity contribution in [2.24, 2.45) is 0 Å². The van der Waals surface area contributed by atoms with Crippen LogP contribution in [0.5, 0.6) is 0 Å². The van der Waals surface area contributed by atoms with Crippen molar-refractivity contribution in [3.63, 3.8) is 0 Å². The van der Waals surface area contributed by atoms with E-state index in [1.807, 2.05) is 24.3 Å². The highest BCUT2D eigenvalue weighted by Gasteiger charge is 1.98. The molecule has 2 aromatic rings. The Morgan fingerprint density at radius 3 is 2.69 bits per heavy atom. The SMILES string of the molecule is Cc1ccccc1NCc1cccc(N)n1. The van der Waals surface area contributed by atoms with Crippen molar-refractivity contribution >= 4 is 11.5 Å². The second-order valence-corrected chi connectivity index (χ2v) is 3.72. The lowest BCUT2D eigenvalue weighted by atomic mass is 10.2. The average Bonchev–Trinajstić information content (AvgIpc) is 2.28. The first-order valence-corrected chi connectivity index (χ1v) is 5.26. The van der Waals surface area contributed by atoms with Crippen molar-refractivity contribution in [2.45, 2.75) is 13.5 Å². The minimum atomic E-state index is 0.559. The van der Waals surface area contributed by atoms with Gasteiger partial charge in [0.2, 0.25) is 0 Å². The van der Waals surface area contributed by atoms with Gasteiger partial charge >= 0.3 is 0 Å². The highest BCUT2D eigenvalue weighted by molar-refractivity contribution is 5.50. The molecule has 1 aromatic carbocycles. The van der Waals surface area contributed by atoms with E-state index in [9.17, 15) is 0 Å². The van der Waals surface area contributed by atoms with E-state index in [0.29, 0.717) is 12.4 Å². The minimum absolute atomic E-state index is 0.559. The number of benzene rings is 1. The van der Waals surface area contributed by atoms with Crippen molar-refractivity contribution in [1.29, 1.82) is 0 Å². The van der Waals surface area contributed by atoms with Crippen LogP contribution in [-0.2, 0) is 6.54 Å². The van der Waals surface area contributed by atoms with Gasteiger partial charge in [-0.05, 0) is 30.7 Å². The lowest BCUT2D eigenvalue weighted by Gasteiger charge is -2.08. The monoisotopic (exact) mass is 213 g/mol. The molecule has 16 heavy (non-hydrogen) atoms. The van der Waals surface area contributed by atoms with E-state index < -0.39 is 0 Å². The first kappa shape index (κ1) is 10.5. The van der Waals surface area contributed by atoms with Crippen LogP contribution in [0.1, 0.15) is 11.3 Å². The number of aryl methyl sites for hydroxylation is 1. The Bertz CT molecular complexity index is 480. The van der Waals surface area contributed by atoms with Gasteiger partial charge in [-0.2, -0.15) is 0 Å². The van der Waals surface area contributed by atoms with Gasteiger partial charge in [-0.3, -0.25) is 0 Å². The van der Waals surface area contributed by atoms with Crippen LogP contribution in [0.25, 0.3) is 0 Å². The van der Waals surface area contributed by atoms with Gasteiger partial charge in [0, 0.05) is 5.69 Å². The van der Waals surface area contributed by atoms with Crippen LogP contribution < -0.4 is 11.1 Å². The Balaban J connectivity index is 2.05. The van der Waals surface area contributed by atoms with Gasteiger partial charge in [-0.1, -0.05) is 24.3 Å². The van der Waals surface area contributed by atoms with E-state index >= 15 is 0 Å². The highest BCUT2D eigenvalue weighted by atomic mass is 14.9. The molecule has 82 valence electrons. The van der Waals surface area contributed by atoms with Crippen LogP contribution in [0.15, 0.2) is 42.5 Å². The molecule has 0 aliphatic carbocycles. The quantitative estimate of drug-likeness (QED) is 0.824. The lowest BCUT2D eigenvalue weighted by Crippen LogP contribution is -2.03. The van der Waals surface area contributed by atoms with Crippen LogP contribution in [0.3, 0.4) is 0 Å². The van der Waals surface area contributed by atoms with E-state index in [0.717, 1.165) is 11.4 Å². The van der Waals surface area contributed by atoms with E-state index in [-0.39, 0.29) is 0 Å². The zero-order valence-corrected chi connectivity index (χ0v) is 9.27. The first-order valence-electron chi connectivity index (χ1n) is 5.26. The molecule has 2 rings (SSSR count). The third-order valence-electron chi connectivity index (χ3n) is 2.43. The van der Waals surface area contributed by atoms with Gasteiger partial charge in [0.05, 0.1) is 12.2 Å². The second kappa shape index (κ2) is 4.66. The van der Waals surface area contributed by atoms with E-state index in [4.69, 9.17) is 5.73 Å². The molecule has 0 unspecified atom stereocenters. The standard InChI is InChI=1S/C13H15N3/c1-10-5-2-3-7-12(10)15-9-11-6-4-8-13(14)16-11/h2-8,15H,9H2,1H3,(H2,14,16). The molecule has 0 saturated carbocycles. The van der Waals surface area contributed by atoms with Crippen molar-refractivity contribution in [1.82, 2.24) is 4.98 Å². The predicted octanol–water partition coefficient (Wildman–Crippen LogP) is 2.58. The molecular weight excluding hydrogens is 198 g/mol. The van der Waals surface area contributed by atoms with Gasteiger partial charge in [0.1, 0.15) is 5.82 Å². The van der Waals surface area contributed by atoms with Crippen molar-refractivity contribution in [3.8, 4) is 0 Å². The fourth-order valence-corrected chi connectivity index (χ4v) is 1.55. The molecule has 0 amide bonds. The Kier molecular flexibility index (Phi) is 3.05. The number of hydrogen-bond donors (Lipinski definition) is 2. The normalized spacial score (nSPS) is 10.1. The van der Waals surface area contributed by atoms with Crippen LogP contribution in [-0.4, -0.2) is 4.98 Å². The fourth-order valence-electron chi connectivity index (χ4n) is 1.55. The number of nitrogen functional groups attached to an aromatic ring is 1. The first-order chi connectivity index (χ1) is 7.75. The molecule has 0 atom stereocenters. The number of aromatic nitrogens is 1. The second-order valence-electron chi connectivity index (χ2n) is 3.72. The summed E-state index contributed by atoms with van der Waals surface area (Å²) in [6.07, 6.45) is 0. The Hall–Kier alpha value is -2.03. The topological polar surface area (TPSA) is 50.9 Å². The summed E-state index contributed by atoms with van der Waals surface area (Å²) in [6.45, 7) is 2.77. The summed E-state index contributed by atoms with van der Waals surface area (Å²) in [7, 11) is 0. The molecule has 0 radical (unpaired) electrons. The summed E-state index contributed by atoms with van der Waals surface area (Å²) in [5.74, 6) is 0.559. The Morgan fingerprint density at radius 2 is 1.94 bits per heavy atom. The largest absolute Gasteiger partial charge is 0.384 e. The molecule has 1 aromatic heterocycles. The fraction of sp³-hybridized carbons (Fsp3) is 0.154. The molecule has 3 heteroatoms. The van der Waals surface area contributed by atoms with Crippen molar-refractivity contribution in [3.05, 3.63) is 53.7 Å². The molecule has 3 N–H and O–H groups in total. The zero-order chi connectivity index (χ0) is 11.4. The third-order valence-corrected chi connectivity index (χ3v) is 2.43. The molecule has 0 aliphatic heterocycles. The van der Waals surface area contributed by atoms with E-state index in [1.165, 1.54) is 5.56 Å². The molecule has 1 heterocycles. The molecule has 0 aliphatic rings. The van der Waals surface area contributed by atoms with Gasteiger partial charge in [0.25, 0.3) is 0 Å². The summed E-state index contributed by atoms with van der Waals surface area (Å²) in [5, 5.41) is 3.34. The van der Waals surface area contributed by atoms with Crippen molar-refractivity contribution < 1.29 is 0 Å². The molecular formula is C13H15N3. The van der Waals surface area contributed by atoms with Crippen molar-refractivity contribution in [2.75, 3.05) is 11.1 Å². The minimum Gasteiger partial charge on any atom is -0.384 e. The number of nitrogens with two attached hydrogens (primary N) is 1. The molecule has 0 fully saturated rings. The molecule has 0 spiro atoms. The predicted molar refractivity (Wildman–Crippen MR) is 67.2 cm³/mol. The number of anilines is 2. The zero-order valence-electron chi connectivity index (χ0n) is 9.27. The number of nitrogens with one attached hydrogen (secondary N) is 1. The van der Waals surface area contributed by atoms with Gasteiger partial charge in [-0.25, -0.2) is 4.98 Å². The summed E-state index contributed by atoms with van der Waals surface area (Å²) in [6, 6.07) is 13.8. The van der Waals surface area contributed by atoms with Gasteiger partial charge in [-0.15, -0.1) is 0 Å². The number of nitrogens with zero attached hydrogens (tertiary/aromatic N) is 1. The summed E-state index contributed by atoms with van der Waals surface area (Å²) in [5.41, 5.74) is 8.93. The molecule has 3 nitrogen and oxygen atoms in total. The van der Waals surface area contributed by atoms with Crippen LogP contribution in [0.4, 0.5) is 11.5 Å². The smallest absolute Gasteiger partial charge is 0.123 e. The van der Waals surface area contributed by atoms with Crippen LogP contribution in [0.2, 0.25) is 0 Å². The number of pyridine rings is 1.